The predicted octanol–water partition coefficient (Wildman–Crippen LogP) is 4.90. The van der Waals surface area contributed by atoms with Crippen LogP contribution in [0.25, 0.3) is 10.8 Å². The lowest BCUT2D eigenvalue weighted by Crippen LogP contribution is -1.83. The average molecular weight is 245 g/mol. The van der Waals surface area contributed by atoms with Gasteiger partial charge in [-0.3, -0.25) is 4.99 Å². The van der Waals surface area contributed by atoms with Crippen molar-refractivity contribution >= 4 is 22.7 Å². The van der Waals surface area contributed by atoms with Gasteiger partial charge in [0.1, 0.15) is 0 Å². The number of hydrogen-bond acceptors (Lipinski definition) is 1. The van der Waals surface area contributed by atoms with Crippen LogP contribution >= 0.6 is 0 Å². The second-order valence-electron chi connectivity index (χ2n) is 4.67. The average Bonchev–Trinajstić information content (AvgIpc) is 2.45. The zero-order chi connectivity index (χ0) is 13.1. The molecule has 0 radical (unpaired) electrons. The first kappa shape index (κ1) is 11.7. The molecular weight excluding hydrogens is 230 g/mol. The van der Waals surface area contributed by atoms with Crippen molar-refractivity contribution in [2.75, 3.05) is 0 Å². The molecule has 0 aliphatic heterocycles. The van der Waals surface area contributed by atoms with Crippen molar-refractivity contribution in [1.82, 2.24) is 0 Å². The third kappa shape index (κ3) is 2.55. The molecule has 0 aliphatic carbocycles. The highest BCUT2D eigenvalue weighted by Gasteiger charge is 1.97. The van der Waals surface area contributed by atoms with Crippen molar-refractivity contribution in [1.29, 1.82) is 0 Å². The molecule has 0 heterocycles. The second kappa shape index (κ2) is 5.07. The topological polar surface area (TPSA) is 12.4 Å². The third-order valence-corrected chi connectivity index (χ3v) is 3.18. The van der Waals surface area contributed by atoms with Crippen LogP contribution in [0.15, 0.2) is 71.7 Å². The van der Waals surface area contributed by atoms with Crippen molar-refractivity contribution in [2.45, 2.75) is 6.92 Å². The Morgan fingerprint density at radius 1 is 0.842 bits per heavy atom. The zero-order valence-electron chi connectivity index (χ0n) is 10.9. The maximum absolute atomic E-state index is 4.56. The van der Waals surface area contributed by atoms with Crippen LogP contribution in [0.4, 0.5) is 5.69 Å². The largest absolute Gasteiger partial charge is 0.256 e. The Labute approximate surface area is 113 Å². The van der Waals surface area contributed by atoms with Crippen LogP contribution in [0.3, 0.4) is 0 Å². The van der Waals surface area contributed by atoms with Crippen LogP contribution in [-0.2, 0) is 0 Å². The van der Waals surface area contributed by atoms with Crippen LogP contribution < -0.4 is 0 Å². The Kier molecular flexibility index (Phi) is 3.11. The highest BCUT2D eigenvalue weighted by molar-refractivity contribution is 6.00. The number of aliphatic imine (C=N–C) groups is 1. The van der Waals surface area contributed by atoms with E-state index >= 15 is 0 Å². The van der Waals surface area contributed by atoms with E-state index < -0.39 is 0 Å². The van der Waals surface area contributed by atoms with Crippen molar-refractivity contribution in [3.05, 3.63) is 77.9 Å². The summed E-state index contributed by atoms with van der Waals surface area (Å²) in [4.78, 5) is 4.56. The summed E-state index contributed by atoms with van der Waals surface area (Å²) in [6, 6.07) is 22.9. The molecule has 19 heavy (non-hydrogen) atoms. The number of hydrogen-bond donors (Lipinski definition) is 0. The first-order valence-electron chi connectivity index (χ1n) is 6.41. The first-order valence-corrected chi connectivity index (χ1v) is 6.41. The van der Waals surface area contributed by atoms with Gasteiger partial charge in [-0.2, -0.15) is 0 Å². The maximum Gasteiger partial charge on any atom is 0.0632 e. The van der Waals surface area contributed by atoms with Gasteiger partial charge < -0.3 is 0 Å². The minimum atomic E-state index is 0.993. The summed E-state index contributed by atoms with van der Waals surface area (Å²) in [5.74, 6) is 0. The van der Waals surface area contributed by atoms with E-state index in [0.717, 1.165) is 11.3 Å². The molecule has 0 atom stereocenters. The van der Waals surface area contributed by atoms with E-state index in [4.69, 9.17) is 0 Å². The van der Waals surface area contributed by atoms with Crippen molar-refractivity contribution < 1.29 is 0 Å². The summed E-state index contributed by atoms with van der Waals surface area (Å²) in [6.45, 7) is 2.08. The van der Waals surface area contributed by atoms with Gasteiger partial charge in [0.15, 0.2) is 0 Å². The summed E-state index contributed by atoms with van der Waals surface area (Å²) in [5, 5.41) is 2.48. The highest BCUT2D eigenvalue weighted by atomic mass is 14.7. The lowest BCUT2D eigenvalue weighted by molar-refractivity contribution is 1.43. The van der Waals surface area contributed by atoms with E-state index in [0.29, 0.717) is 0 Å². The number of aryl methyl sites for hydroxylation is 1. The molecule has 1 heteroatoms. The van der Waals surface area contributed by atoms with E-state index in [1.54, 1.807) is 0 Å². The van der Waals surface area contributed by atoms with E-state index in [1.165, 1.54) is 16.3 Å². The van der Waals surface area contributed by atoms with Gasteiger partial charge in [0.05, 0.1) is 5.69 Å². The van der Waals surface area contributed by atoms with Crippen molar-refractivity contribution in [3.8, 4) is 0 Å². The Bertz CT molecular complexity index is 736. The Morgan fingerprint density at radius 2 is 1.63 bits per heavy atom. The molecule has 0 fully saturated rings. The van der Waals surface area contributed by atoms with Gasteiger partial charge in [0.25, 0.3) is 0 Å². The quantitative estimate of drug-likeness (QED) is 0.569. The molecule has 0 N–H and O–H groups in total. The minimum Gasteiger partial charge on any atom is -0.256 e. The van der Waals surface area contributed by atoms with Gasteiger partial charge in [-0.05, 0) is 35.4 Å². The molecule has 3 aromatic rings. The lowest BCUT2D eigenvalue weighted by Gasteiger charge is -2.01. The van der Waals surface area contributed by atoms with Crippen LogP contribution in [0.5, 0.6) is 0 Å². The van der Waals surface area contributed by atoms with Gasteiger partial charge in [-0.1, -0.05) is 54.6 Å². The highest BCUT2D eigenvalue weighted by Crippen LogP contribution is 2.18. The second-order valence-corrected chi connectivity index (χ2v) is 4.67. The standard InChI is InChI=1S/C18H15N/c1-14-6-4-10-17(12-14)19-13-16-9-5-8-15-7-2-3-11-18(15)16/h2-13H,1H3. The molecule has 3 aromatic carbocycles. The predicted molar refractivity (Wildman–Crippen MR) is 82.4 cm³/mol. The fourth-order valence-corrected chi connectivity index (χ4v) is 2.22. The number of nitrogens with zero attached hydrogens (tertiary/aromatic N) is 1. The molecule has 0 unspecified atom stereocenters. The van der Waals surface area contributed by atoms with Gasteiger partial charge in [-0.25, -0.2) is 0 Å². The van der Waals surface area contributed by atoms with Crippen LogP contribution in [-0.4, -0.2) is 6.21 Å². The summed E-state index contributed by atoms with van der Waals surface area (Å²) in [7, 11) is 0. The number of benzene rings is 3. The Morgan fingerprint density at radius 3 is 2.53 bits per heavy atom. The molecule has 92 valence electrons. The van der Waals surface area contributed by atoms with E-state index in [9.17, 15) is 0 Å². The molecule has 0 bridgehead atoms. The molecule has 0 aliphatic rings. The number of fused-ring (bicyclic) bond motifs is 1. The molecular formula is C18H15N. The van der Waals surface area contributed by atoms with Gasteiger partial charge in [-0.15, -0.1) is 0 Å². The number of rotatable bonds is 2. The molecule has 0 saturated carbocycles. The van der Waals surface area contributed by atoms with E-state index in [2.05, 4.69) is 66.5 Å². The summed E-state index contributed by atoms with van der Waals surface area (Å²) in [5.41, 5.74) is 3.38. The third-order valence-electron chi connectivity index (χ3n) is 3.18. The molecule has 0 aromatic heterocycles. The van der Waals surface area contributed by atoms with Gasteiger partial charge in [0.2, 0.25) is 0 Å². The summed E-state index contributed by atoms with van der Waals surface area (Å²) in [6.07, 6.45) is 1.94. The zero-order valence-corrected chi connectivity index (χ0v) is 10.9. The smallest absolute Gasteiger partial charge is 0.0632 e. The van der Waals surface area contributed by atoms with Gasteiger partial charge >= 0.3 is 0 Å². The normalized spacial score (nSPS) is 11.2. The van der Waals surface area contributed by atoms with Crippen molar-refractivity contribution in [2.24, 2.45) is 4.99 Å². The van der Waals surface area contributed by atoms with Crippen LogP contribution in [0.1, 0.15) is 11.1 Å². The van der Waals surface area contributed by atoms with Crippen LogP contribution in [0, 0.1) is 6.92 Å². The monoisotopic (exact) mass is 245 g/mol. The maximum atomic E-state index is 4.56. The Balaban J connectivity index is 2.02. The fourth-order valence-electron chi connectivity index (χ4n) is 2.22. The van der Waals surface area contributed by atoms with E-state index in [-0.39, 0.29) is 0 Å². The minimum absolute atomic E-state index is 0.993. The summed E-state index contributed by atoms with van der Waals surface area (Å²) >= 11 is 0. The van der Waals surface area contributed by atoms with E-state index in [1.807, 2.05) is 18.3 Å². The lowest BCUT2D eigenvalue weighted by atomic mass is 10.1. The Hall–Kier alpha value is -2.41. The molecule has 0 saturated heterocycles. The fraction of sp³-hybridized carbons (Fsp3) is 0.0556. The van der Waals surface area contributed by atoms with Crippen LogP contribution in [0.2, 0.25) is 0 Å². The first-order chi connectivity index (χ1) is 9.33. The molecule has 0 spiro atoms. The summed E-state index contributed by atoms with van der Waals surface area (Å²) < 4.78 is 0. The van der Waals surface area contributed by atoms with Gasteiger partial charge in [0, 0.05) is 11.8 Å². The molecule has 0 amide bonds. The molecule has 1 nitrogen and oxygen atoms in total. The molecule has 3 rings (SSSR count). The van der Waals surface area contributed by atoms with Crippen molar-refractivity contribution in [3.63, 3.8) is 0 Å². The SMILES string of the molecule is Cc1cccc(N=Cc2cccc3ccccc23)c1.